The van der Waals surface area contributed by atoms with E-state index in [9.17, 15) is 9.59 Å². The van der Waals surface area contributed by atoms with E-state index < -0.39 is 0 Å². The van der Waals surface area contributed by atoms with Crippen LogP contribution in [0.5, 0.6) is 0 Å². The van der Waals surface area contributed by atoms with Crippen LogP contribution >= 0.6 is 34.7 Å². The smallest absolute Gasteiger partial charge is 0.263 e. The second-order valence-corrected chi connectivity index (χ2v) is 10.1. The van der Waals surface area contributed by atoms with E-state index in [0.717, 1.165) is 42.3 Å². The number of halogens is 1. The second kappa shape index (κ2) is 9.67. The van der Waals surface area contributed by atoms with Crippen LogP contribution in [0, 0.1) is 0 Å². The summed E-state index contributed by atoms with van der Waals surface area (Å²) in [5.41, 5.74) is 1.91. The number of carbonyl (C=O) groups is 1. The summed E-state index contributed by atoms with van der Waals surface area (Å²) >= 11 is 8.95. The van der Waals surface area contributed by atoms with Crippen LogP contribution in [0.15, 0.2) is 34.2 Å². The standard InChI is InChI=1S/C23H25ClN2O2S2/c1-2-3-13-26-22(28)20-17-7-5-4-6-8-19(17)30-21(20)25-23(26)29-14-18(27)15-9-11-16(24)12-10-15/h9-12H,2-8,13-14H2,1H3. The molecule has 0 unspecified atom stereocenters. The fourth-order valence-corrected chi connectivity index (χ4v) is 6.22. The van der Waals surface area contributed by atoms with Crippen LogP contribution in [0.4, 0.5) is 0 Å². The number of carbonyl (C=O) groups excluding carboxylic acids is 1. The van der Waals surface area contributed by atoms with E-state index in [1.165, 1.54) is 35.0 Å². The number of unbranched alkanes of at least 4 members (excludes halogenated alkanes) is 1. The summed E-state index contributed by atoms with van der Waals surface area (Å²) in [6, 6.07) is 6.92. The van der Waals surface area contributed by atoms with Crippen LogP contribution in [0.1, 0.15) is 59.8 Å². The van der Waals surface area contributed by atoms with Crippen LogP contribution in [0.2, 0.25) is 5.02 Å². The molecule has 0 aliphatic heterocycles. The number of thioether (sulfide) groups is 1. The average Bonchev–Trinajstić information content (AvgIpc) is 2.93. The number of aromatic nitrogens is 2. The number of Topliss-reactive ketones (excluding diaryl/α,β-unsaturated/α-hetero) is 1. The fourth-order valence-electron chi connectivity index (χ4n) is 3.87. The minimum absolute atomic E-state index is 0.00927. The van der Waals surface area contributed by atoms with Gasteiger partial charge in [-0.3, -0.25) is 14.2 Å². The first-order chi connectivity index (χ1) is 14.6. The highest BCUT2D eigenvalue weighted by Gasteiger charge is 2.22. The average molecular weight is 461 g/mol. The number of hydrogen-bond acceptors (Lipinski definition) is 5. The summed E-state index contributed by atoms with van der Waals surface area (Å²) in [6.45, 7) is 2.75. The zero-order chi connectivity index (χ0) is 21.1. The van der Waals surface area contributed by atoms with Gasteiger partial charge in [-0.25, -0.2) is 4.98 Å². The number of rotatable bonds is 7. The summed E-state index contributed by atoms with van der Waals surface area (Å²) in [5.74, 6) is 0.256. The largest absolute Gasteiger partial charge is 0.293 e. The van der Waals surface area contributed by atoms with Gasteiger partial charge in [0, 0.05) is 22.0 Å². The Morgan fingerprint density at radius 3 is 2.73 bits per heavy atom. The van der Waals surface area contributed by atoms with E-state index in [1.807, 2.05) is 0 Å². The summed E-state index contributed by atoms with van der Waals surface area (Å²) in [7, 11) is 0. The summed E-state index contributed by atoms with van der Waals surface area (Å²) in [6.07, 6.45) is 7.48. The van der Waals surface area contributed by atoms with Crippen molar-refractivity contribution in [1.29, 1.82) is 0 Å². The van der Waals surface area contributed by atoms with Gasteiger partial charge >= 0.3 is 0 Å². The maximum atomic E-state index is 13.5. The van der Waals surface area contributed by atoms with Gasteiger partial charge in [-0.1, -0.05) is 43.1 Å². The van der Waals surface area contributed by atoms with Crippen molar-refractivity contribution in [3.05, 3.63) is 55.6 Å². The van der Waals surface area contributed by atoms with Gasteiger partial charge in [0.1, 0.15) is 4.83 Å². The Bertz CT molecular complexity index is 1120. The molecular weight excluding hydrogens is 436 g/mol. The van der Waals surface area contributed by atoms with Crippen LogP contribution in [0.25, 0.3) is 10.2 Å². The van der Waals surface area contributed by atoms with Crippen molar-refractivity contribution in [3.63, 3.8) is 0 Å². The highest BCUT2D eigenvalue weighted by molar-refractivity contribution is 7.99. The molecule has 1 aromatic carbocycles. The molecule has 0 fully saturated rings. The van der Waals surface area contributed by atoms with Crippen LogP contribution in [-0.2, 0) is 19.4 Å². The number of aryl methyl sites for hydroxylation is 2. The number of thiophene rings is 1. The van der Waals surface area contributed by atoms with Crippen molar-refractivity contribution in [3.8, 4) is 0 Å². The minimum atomic E-state index is 0.00927. The predicted octanol–water partition coefficient (Wildman–Crippen LogP) is 6.16. The van der Waals surface area contributed by atoms with Crippen LogP contribution < -0.4 is 5.56 Å². The molecule has 2 aromatic heterocycles. The van der Waals surface area contributed by atoms with Gasteiger partial charge in [0.15, 0.2) is 10.9 Å². The van der Waals surface area contributed by atoms with Gasteiger partial charge in [0.25, 0.3) is 5.56 Å². The molecule has 0 saturated heterocycles. The quantitative estimate of drug-likeness (QED) is 0.183. The minimum Gasteiger partial charge on any atom is -0.293 e. The first-order valence-electron chi connectivity index (χ1n) is 10.5. The molecule has 0 N–H and O–H groups in total. The Morgan fingerprint density at radius 2 is 1.97 bits per heavy atom. The van der Waals surface area contributed by atoms with E-state index in [2.05, 4.69) is 6.92 Å². The van der Waals surface area contributed by atoms with Gasteiger partial charge in [0.05, 0.1) is 11.1 Å². The molecule has 0 amide bonds. The molecule has 4 nitrogen and oxygen atoms in total. The van der Waals surface area contributed by atoms with E-state index in [4.69, 9.17) is 16.6 Å². The molecule has 0 saturated carbocycles. The summed E-state index contributed by atoms with van der Waals surface area (Å²) in [4.78, 5) is 33.1. The first kappa shape index (κ1) is 21.6. The predicted molar refractivity (Wildman–Crippen MR) is 127 cm³/mol. The molecule has 2 heterocycles. The SMILES string of the molecule is CCCCn1c(SCC(=O)c2ccc(Cl)cc2)nc2sc3c(c2c1=O)CCCCC3. The zero-order valence-corrected chi connectivity index (χ0v) is 19.5. The molecule has 3 aromatic rings. The number of benzene rings is 1. The third-order valence-electron chi connectivity index (χ3n) is 5.52. The van der Waals surface area contributed by atoms with Gasteiger partial charge in [-0.15, -0.1) is 11.3 Å². The molecule has 1 aliphatic rings. The summed E-state index contributed by atoms with van der Waals surface area (Å²) < 4.78 is 1.80. The van der Waals surface area contributed by atoms with Crippen molar-refractivity contribution < 1.29 is 4.79 Å². The Labute approximate surface area is 189 Å². The van der Waals surface area contributed by atoms with Crippen molar-refractivity contribution >= 4 is 50.7 Å². The fraction of sp³-hybridized carbons (Fsp3) is 0.435. The molecule has 30 heavy (non-hydrogen) atoms. The third kappa shape index (κ3) is 4.51. The second-order valence-electron chi connectivity index (χ2n) is 7.67. The van der Waals surface area contributed by atoms with Crippen LogP contribution in [-0.4, -0.2) is 21.1 Å². The Balaban J connectivity index is 1.68. The lowest BCUT2D eigenvalue weighted by molar-refractivity contribution is 0.102. The van der Waals surface area contributed by atoms with Gasteiger partial charge in [-0.2, -0.15) is 0 Å². The van der Waals surface area contributed by atoms with Crippen molar-refractivity contribution in [1.82, 2.24) is 9.55 Å². The molecule has 0 spiro atoms. The molecule has 0 atom stereocenters. The highest BCUT2D eigenvalue weighted by Crippen LogP contribution is 2.34. The zero-order valence-electron chi connectivity index (χ0n) is 17.1. The summed E-state index contributed by atoms with van der Waals surface area (Å²) in [5, 5.41) is 2.08. The molecule has 0 radical (unpaired) electrons. The Hall–Kier alpha value is -1.63. The Kier molecular flexibility index (Phi) is 6.96. The van der Waals surface area contributed by atoms with Gasteiger partial charge < -0.3 is 0 Å². The maximum absolute atomic E-state index is 13.5. The monoisotopic (exact) mass is 460 g/mol. The van der Waals surface area contributed by atoms with E-state index >= 15 is 0 Å². The van der Waals surface area contributed by atoms with E-state index in [-0.39, 0.29) is 17.1 Å². The Morgan fingerprint density at radius 1 is 1.20 bits per heavy atom. The number of fused-ring (bicyclic) bond motifs is 3. The molecule has 1 aliphatic carbocycles. The van der Waals surface area contributed by atoms with E-state index in [1.54, 1.807) is 40.2 Å². The molecule has 4 rings (SSSR count). The molecule has 0 bridgehead atoms. The maximum Gasteiger partial charge on any atom is 0.263 e. The van der Waals surface area contributed by atoms with Crippen molar-refractivity contribution in [2.75, 3.05) is 5.75 Å². The normalized spacial score (nSPS) is 13.9. The van der Waals surface area contributed by atoms with Crippen LogP contribution in [0.3, 0.4) is 0 Å². The third-order valence-corrected chi connectivity index (χ3v) is 7.94. The first-order valence-corrected chi connectivity index (χ1v) is 12.7. The highest BCUT2D eigenvalue weighted by atomic mass is 35.5. The lowest BCUT2D eigenvalue weighted by atomic mass is 10.1. The molecule has 7 heteroatoms. The lowest BCUT2D eigenvalue weighted by Crippen LogP contribution is -2.24. The number of ketones is 1. The molecule has 158 valence electrons. The van der Waals surface area contributed by atoms with Gasteiger partial charge in [-0.05, 0) is 61.9 Å². The lowest BCUT2D eigenvalue weighted by Gasteiger charge is -2.12. The van der Waals surface area contributed by atoms with Gasteiger partial charge in [0.2, 0.25) is 0 Å². The number of hydrogen-bond donors (Lipinski definition) is 0. The van der Waals surface area contributed by atoms with E-state index in [0.29, 0.717) is 22.3 Å². The van der Waals surface area contributed by atoms with Crippen molar-refractivity contribution in [2.45, 2.75) is 63.6 Å². The topological polar surface area (TPSA) is 52.0 Å². The molecular formula is C23H25ClN2O2S2. The number of nitrogens with zero attached hydrogens (tertiary/aromatic N) is 2. The van der Waals surface area contributed by atoms with Crippen molar-refractivity contribution in [2.24, 2.45) is 0 Å².